The summed E-state index contributed by atoms with van der Waals surface area (Å²) in [4.78, 5) is 3.47. The molecule has 1 fully saturated rings. The average molecular weight is 289 g/mol. The van der Waals surface area contributed by atoms with E-state index in [1.165, 1.54) is 17.7 Å². The molecule has 1 aliphatic rings. The van der Waals surface area contributed by atoms with E-state index in [2.05, 4.69) is 18.0 Å². The topological polar surface area (TPSA) is 38.5 Å². The fourth-order valence-electron chi connectivity index (χ4n) is 1.92. The van der Waals surface area contributed by atoms with Crippen LogP contribution in [-0.2, 0) is 4.74 Å². The van der Waals surface area contributed by atoms with E-state index in [0.29, 0.717) is 6.54 Å². The maximum Gasteiger partial charge on any atom is 0.0931 e. The Kier molecular flexibility index (Phi) is 5.45. The van der Waals surface area contributed by atoms with Crippen molar-refractivity contribution in [2.24, 2.45) is 11.7 Å². The van der Waals surface area contributed by atoms with Crippen molar-refractivity contribution < 1.29 is 4.74 Å². The Labute approximate surface area is 118 Å². The van der Waals surface area contributed by atoms with Gasteiger partial charge < -0.3 is 10.5 Å². The van der Waals surface area contributed by atoms with Gasteiger partial charge in [-0.25, -0.2) is 0 Å². The molecule has 0 aliphatic heterocycles. The maximum atomic E-state index is 5.97. The molecule has 0 bridgehead atoms. The van der Waals surface area contributed by atoms with Gasteiger partial charge in [-0.15, -0.1) is 11.3 Å². The van der Waals surface area contributed by atoms with Crippen LogP contribution in [0.4, 0.5) is 0 Å². The van der Waals surface area contributed by atoms with E-state index in [-0.39, 0.29) is 6.04 Å². The highest BCUT2D eigenvalue weighted by atomic mass is 35.5. The number of halogens is 1. The quantitative estimate of drug-likeness (QED) is 0.748. The average Bonchev–Trinajstić information content (AvgIpc) is 3.08. The molecule has 18 heavy (non-hydrogen) atoms. The van der Waals surface area contributed by atoms with E-state index in [9.17, 15) is 0 Å². The first-order chi connectivity index (χ1) is 8.70. The Hall–Kier alpha value is -0.130. The minimum Gasteiger partial charge on any atom is -0.380 e. The normalized spacial score (nSPS) is 17.3. The van der Waals surface area contributed by atoms with Crippen molar-refractivity contribution in [3.8, 4) is 0 Å². The summed E-state index contributed by atoms with van der Waals surface area (Å²) in [6.45, 7) is 3.22. The number of likely N-dealkylation sites (N-methyl/N-ethyl adjacent to an activating group) is 1. The third-order valence-electron chi connectivity index (χ3n) is 3.32. The molecule has 1 unspecified atom stereocenters. The molecule has 0 saturated heterocycles. The molecule has 0 amide bonds. The van der Waals surface area contributed by atoms with E-state index in [4.69, 9.17) is 22.1 Å². The van der Waals surface area contributed by atoms with E-state index in [1.807, 2.05) is 6.07 Å². The van der Waals surface area contributed by atoms with Crippen LogP contribution < -0.4 is 5.73 Å². The van der Waals surface area contributed by atoms with Crippen LogP contribution in [0.15, 0.2) is 12.1 Å². The summed E-state index contributed by atoms with van der Waals surface area (Å²) in [5, 5.41) is 0. The second kappa shape index (κ2) is 6.87. The van der Waals surface area contributed by atoms with Crippen LogP contribution in [0.2, 0.25) is 4.34 Å². The molecule has 102 valence electrons. The second-order valence-electron chi connectivity index (χ2n) is 4.89. The van der Waals surface area contributed by atoms with Gasteiger partial charge in [-0.1, -0.05) is 11.6 Å². The number of rotatable bonds is 8. The molecule has 2 N–H and O–H groups in total. The van der Waals surface area contributed by atoms with Crippen molar-refractivity contribution >= 4 is 22.9 Å². The monoisotopic (exact) mass is 288 g/mol. The Bertz CT molecular complexity index is 368. The van der Waals surface area contributed by atoms with Crippen LogP contribution in [0.5, 0.6) is 0 Å². The lowest BCUT2D eigenvalue weighted by Crippen LogP contribution is -2.32. The Morgan fingerprint density at radius 2 is 2.33 bits per heavy atom. The van der Waals surface area contributed by atoms with E-state index < -0.39 is 0 Å². The third-order valence-corrected chi connectivity index (χ3v) is 4.65. The summed E-state index contributed by atoms with van der Waals surface area (Å²) in [5.74, 6) is 0.830. The molecule has 1 aliphatic carbocycles. The number of nitrogens with two attached hydrogens (primary N) is 1. The molecule has 0 radical (unpaired) electrons. The smallest absolute Gasteiger partial charge is 0.0931 e. The van der Waals surface area contributed by atoms with Crippen molar-refractivity contribution in [2.45, 2.75) is 18.9 Å². The van der Waals surface area contributed by atoms with Crippen molar-refractivity contribution in [3.63, 3.8) is 0 Å². The van der Waals surface area contributed by atoms with Gasteiger partial charge in [0.25, 0.3) is 0 Å². The summed E-state index contributed by atoms with van der Waals surface area (Å²) < 4.78 is 6.48. The fraction of sp³-hybridized carbons (Fsp3) is 0.692. The van der Waals surface area contributed by atoms with Gasteiger partial charge >= 0.3 is 0 Å². The van der Waals surface area contributed by atoms with E-state index >= 15 is 0 Å². The lowest BCUT2D eigenvalue weighted by Gasteiger charge is -2.25. The zero-order chi connectivity index (χ0) is 13.0. The Morgan fingerprint density at radius 3 is 2.89 bits per heavy atom. The summed E-state index contributed by atoms with van der Waals surface area (Å²) in [6.07, 6.45) is 2.68. The van der Waals surface area contributed by atoms with E-state index in [1.54, 1.807) is 11.3 Å². The van der Waals surface area contributed by atoms with Crippen molar-refractivity contribution in [1.82, 2.24) is 4.90 Å². The highest BCUT2D eigenvalue weighted by Gasteiger charge is 2.21. The fourth-order valence-corrected chi connectivity index (χ4v) is 3.16. The highest BCUT2D eigenvalue weighted by molar-refractivity contribution is 7.16. The van der Waals surface area contributed by atoms with E-state index in [0.717, 1.165) is 30.0 Å². The molecular weight excluding hydrogens is 268 g/mol. The number of hydrogen-bond donors (Lipinski definition) is 1. The minimum atomic E-state index is 0.243. The van der Waals surface area contributed by atoms with Gasteiger partial charge in [0.05, 0.1) is 17.0 Å². The lowest BCUT2D eigenvalue weighted by atomic mass is 10.2. The maximum absolute atomic E-state index is 5.97. The minimum absolute atomic E-state index is 0.243. The number of hydrogen-bond acceptors (Lipinski definition) is 4. The predicted octanol–water partition coefficient (Wildman–Crippen LogP) is 2.76. The number of thiophene rings is 1. The zero-order valence-corrected chi connectivity index (χ0v) is 12.3. The lowest BCUT2D eigenvalue weighted by molar-refractivity contribution is 0.0927. The van der Waals surface area contributed by atoms with Gasteiger partial charge in [-0.2, -0.15) is 0 Å². The van der Waals surface area contributed by atoms with Gasteiger partial charge in [-0.3, -0.25) is 4.90 Å². The molecule has 0 aromatic carbocycles. The highest BCUT2D eigenvalue weighted by Crippen LogP contribution is 2.30. The van der Waals surface area contributed by atoms with Crippen molar-refractivity contribution in [1.29, 1.82) is 0 Å². The number of nitrogens with zero attached hydrogens (tertiary/aromatic N) is 1. The molecule has 1 aromatic heterocycles. The Morgan fingerprint density at radius 1 is 1.56 bits per heavy atom. The standard InChI is InChI=1S/C13H21ClN2OS/c1-16(6-7-17-9-10-2-3-10)11(8-15)12-4-5-13(14)18-12/h4-5,10-11H,2-3,6-9,15H2,1H3. The molecule has 0 spiro atoms. The van der Waals surface area contributed by atoms with Crippen LogP contribution in [0.3, 0.4) is 0 Å². The molecule has 1 atom stereocenters. The predicted molar refractivity (Wildman–Crippen MR) is 77.3 cm³/mol. The summed E-state index contributed by atoms with van der Waals surface area (Å²) in [6, 6.07) is 4.24. The first-order valence-corrected chi connectivity index (χ1v) is 7.63. The van der Waals surface area contributed by atoms with Crippen LogP contribution in [0.25, 0.3) is 0 Å². The van der Waals surface area contributed by atoms with Gasteiger partial charge in [0.15, 0.2) is 0 Å². The molecule has 2 rings (SSSR count). The van der Waals surface area contributed by atoms with Crippen LogP contribution in [0.1, 0.15) is 23.8 Å². The van der Waals surface area contributed by atoms with Crippen LogP contribution in [0, 0.1) is 5.92 Å². The molecule has 5 heteroatoms. The summed E-state index contributed by atoms with van der Waals surface area (Å²) in [5.41, 5.74) is 5.86. The summed E-state index contributed by atoms with van der Waals surface area (Å²) >= 11 is 7.58. The van der Waals surface area contributed by atoms with Gasteiger partial charge in [0.1, 0.15) is 0 Å². The molecule has 3 nitrogen and oxygen atoms in total. The third kappa shape index (κ3) is 4.21. The molecule has 1 saturated carbocycles. The molecule has 1 aromatic rings. The van der Waals surface area contributed by atoms with Crippen molar-refractivity contribution in [3.05, 3.63) is 21.3 Å². The van der Waals surface area contributed by atoms with Crippen LogP contribution >= 0.6 is 22.9 Å². The first-order valence-electron chi connectivity index (χ1n) is 6.44. The molecule has 1 heterocycles. The largest absolute Gasteiger partial charge is 0.380 e. The first kappa shape index (κ1) is 14.3. The van der Waals surface area contributed by atoms with Gasteiger partial charge in [-0.05, 0) is 37.9 Å². The second-order valence-corrected chi connectivity index (χ2v) is 6.64. The van der Waals surface area contributed by atoms with Crippen molar-refractivity contribution in [2.75, 3.05) is 33.4 Å². The van der Waals surface area contributed by atoms with Gasteiger partial charge in [0.2, 0.25) is 0 Å². The number of ether oxygens (including phenoxy) is 1. The molecular formula is C13H21ClN2OS. The zero-order valence-electron chi connectivity index (χ0n) is 10.8. The summed E-state index contributed by atoms with van der Waals surface area (Å²) in [7, 11) is 2.09. The van der Waals surface area contributed by atoms with Gasteiger partial charge in [0, 0.05) is 24.6 Å². The van der Waals surface area contributed by atoms with Crippen LogP contribution in [-0.4, -0.2) is 38.3 Å². The SMILES string of the molecule is CN(CCOCC1CC1)C(CN)c1ccc(Cl)s1. The Balaban J connectivity index is 1.75.